The Bertz CT molecular complexity index is 505. The zero-order valence-corrected chi connectivity index (χ0v) is 11.3. The molecule has 4 nitrogen and oxygen atoms in total. The average molecular weight is 257 g/mol. The van der Waals surface area contributed by atoms with Gasteiger partial charge in [-0.05, 0) is 37.5 Å². The topological polar surface area (TPSA) is 56.1 Å². The quantitative estimate of drug-likeness (QED) is 0.901. The van der Waals surface area contributed by atoms with E-state index in [1.54, 1.807) is 4.90 Å². The molecule has 1 heterocycles. The van der Waals surface area contributed by atoms with Gasteiger partial charge in [0.05, 0.1) is 12.5 Å². The van der Waals surface area contributed by atoms with Crippen LogP contribution in [-0.4, -0.2) is 30.4 Å². The summed E-state index contributed by atoms with van der Waals surface area (Å²) in [6.45, 7) is 4.06. The Balaban J connectivity index is 2.25. The first-order valence-corrected chi connectivity index (χ1v) is 6.80. The average Bonchev–Trinajstić information content (AvgIpc) is 2.47. The van der Waals surface area contributed by atoms with Crippen molar-refractivity contribution in [1.29, 1.82) is 5.26 Å². The van der Waals surface area contributed by atoms with Gasteiger partial charge in [0.15, 0.2) is 0 Å². The largest absolute Gasteiger partial charge is 0.385 e. The number of carbonyl (C=O) groups excluding carboxylic acids is 1. The molecule has 100 valence electrons. The molecule has 0 fully saturated rings. The number of anilines is 1. The second kappa shape index (κ2) is 6.24. The van der Waals surface area contributed by atoms with Crippen LogP contribution >= 0.6 is 0 Å². The molecule has 0 saturated heterocycles. The minimum atomic E-state index is 0.0401. The maximum absolute atomic E-state index is 12.5. The zero-order chi connectivity index (χ0) is 13.7. The third-order valence-corrected chi connectivity index (χ3v) is 3.49. The van der Waals surface area contributed by atoms with Crippen LogP contribution < -0.4 is 5.32 Å². The number of nitrogens with one attached hydrogen (secondary N) is 1. The molecule has 19 heavy (non-hydrogen) atoms. The van der Waals surface area contributed by atoms with E-state index in [0.29, 0.717) is 19.5 Å². The first-order chi connectivity index (χ1) is 9.27. The molecular weight excluding hydrogens is 238 g/mol. The van der Waals surface area contributed by atoms with Gasteiger partial charge in [-0.3, -0.25) is 4.79 Å². The van der Waals surface area contributed by atoms with Crippen LogP contribution in [0.5, 0.6) is 0 Å². The summed E-state index contributed by atoms with van der Waals surface area (Å²) < 4.78 is 0. The van der Waals surface area contributed by atoms with Crippen LogP contribution in [0.3, 0.4) is 0 Å². The first kappa shape index (κ1) is 13.4. The number of nitriles is 1. The molecule has 1 aromatic carbocycles. The van der Waals surface area contributed by atoms with E-state index in [2.05, 4.69) is 11.4 Å². The minimum Gasteiger partial charge on any atom is -0.385 e. The highest BCUT2D eigenvalue weighted by Crippen LogP contribution is 2.26. The molecule has 4 heteroatoms. The molecule has 0 unspecified atom stereocenters. The molecule has 0 radical (unpaired) electrons. The van der Waals surface area contributed by atoms with Crippen LogP contribution in [0.1, 0.15) is 35.7 Å². The zero-order valence-electron chi connectivity index (χ0n) is 11.3. The Labute approximate surface area is 114 Å². The summed E-state index contributed by atoms with van der Waals surface area (Å²) >= 11 is 0. The van der Waals surface area contributed by atoms with Crippen molar-refractivity contribution in [3.05, 3.63) is 29.3 Å². The second-order valence-electron chi connectivity index (χ2n) is 4.65. The Morgan fingerprint density at radius 1 is 1.53 bits per heavy atom. The van der Waals surface area contributed by atoms with Gasteiger partial charge in [-0.25, -0.2) is 0 Å². The van der Waals surface area contributed by atoms with Crippen molar-refractivity contribution in [2.24, 2.45) is 0 Å². The van der Waals surface area contributed by atoms with Gasteiger partial charge >= 0.3 is 0 Å². The summed E-state index contributed by atoms with van der Waals surface area (Å²) in [5.41, 5.74) is 2.98. The fourth-order valence-corrected chi connectivity index (χ4v) is 2.47. The van der Waals surface area contributed by atoms with Crippen LogP contribution in [0.2, 0.25) is 0 Å². The lowest BCUT2D eigenvalue weighted by Crippen LogP contribution is -2.33. The highest BCUT2D eigenvalue weighted by molar-refractivity contribution is 5.97. The van der Waals surface area contributed by atoms with E-state index in [9.17, 15) is 4.79 Å². The van der Waals surface area contributed by atoms with Crippen LogP contribution in [0.25, 0.3) is 0 Å². The third kappa shape index (κ3) is 2.87. The predicted octanol–water partition coefficient (Wildman–Crippen LogP) is 2.42. The molecule has 1 aromatic rings. The molecule has 1 amide bonds. The highest BCUT2D eigenvalue weighted by atomic mass is 16.2. The van der Waals surface area contributed by atoms with E-state index in [0.717, 1.165) is 36.2 Å². The maximum Gasteiger partial charge on any atom is 0.254 e. The minimum absolute atomic E-state index is 0.0401. The molecule has 0 aromatic heterocycles. The summed E-state index contributed by atoms with van der Waals surface area (Å²) in [6.07, 6.45) is 2.38. The van der Waals surface area contributed by atoms with Gasteiger partial charge in [-0.2, -0.15) is 5.26 Å². The number of fused-ring (bicyclic) bond motifs is 1. The van der Waals surface area contributed by atoms with E-state index in [1.165, 1.54) is 0 Å². The predicted molar refractivity (Wildman–Crippen MR) is 75.1 cm³/mol. The number of benzene rings is 1. The van der Waals surface area contributed by atoms with E-state index in [4.69, 9.17) is 5.26 Å². The van der Waals surface area contributed by atoms with Crippen molar-refractivity contribution in [1.82, 2.24) is 4.90 Å². The monoisotopic (exact) mass is 257 g/mol. The maximum atomic E-state index is 12.5. The first-order valence-electron chi connectivity index (χ1n) is 6.80. The molecular formula is C15H19N3O. The van der Waals surface area contributed by atoms with Crippen molar-refractivity contribution < 1.29 is 4.79 Å². The lowest BCUT2D eigenvalue weighted by Gasteiger charge is -2.24. The molecule has 0 aliphatic carbocycles. The van der Waals surface area contributed by atoms with Gasteiger partial charge in [0.2, 0.25) is 0 Å². The molecule has 0 spiro atoms. The SMILES string of the molecule is CCN(CCC#N)C(=O)c1cccc2c1CCCN2. The lowest BCUT2D eigenvalue weighted by molar-refractivity contribution is 0.0766. The van der Waals surface area contributed by atoms with Crippen molar-refractivity contribution in [3.63, 3.8) is 0 Å². The highest BCUT2D eigenvalue weighted by Gasteiger charge is 2.20. The summed E-state index contributed by atoms with van der Waals surface area (Å²) in [4.78, 5) is 14.3. The Hall–Kier alpha value is -2.02. The number of nitrogens with zero attached hydrogens (tertiary/aromatic N) is 2. The molecule has 0 saturated carbocycles. The fourth-order valence-electron chi connectivity index (χ4n) is 2.47. The molecule has 1 N–H and O–H groups in total. The molecule has 2 rings (SSSR count). The lowest BCUT2D eigenvalue weighted by atomic mass is 9.97. The molecule has 0 atom stereocenters. The Morgan fingerprint density at radius 3 is 3.11 bits per heavy atom. The Kier molecular flexibility index (Phi) is 4.40. The number of hydrogen-bond acceptors (Lipinski definition) is 3. The number of hydrogen-bond donors (Lipinski definition) is 1. The van der Waals surface area contributed by atoms with Crippen molar-refractivity contribution in [3.8, 4) is 6.07 Å². The van der Waals surface area contributed by atoms with E-state index >= 15 is 0 Å². The van der Waals surface area contributed by atoms with Crippen molar-refractivity contribution >= 4 is 11.6 Å². The van der Waals surface area contributed by atoms with Gasteiger partial charge in [0, 0.05) is 30.9 Å². The van der Waals surface area contributed by atoms with Crippen LogP contribution in [0.4, 0.5) is 5.69 Å². The smallest absolute Gasteiger partial charge is 0.254 e. The van der Waals surface area contributed by atoms with Crippen LogP contribution in [-0.2, 0) is 6.42 Å². The summed E-state index contributed by atoms with van der Waals surface area (Å²) in [5, 5.41) is 12.0. The second-order valence-corrected chi connectivity index (χ2v) is 4.65. The van der Waals surface area contributed by atoms with E-state index in [1.807, 2.05) is 25.1 Å². The fraction of sp³-hybridized carbons (Fsp3) is 0.467. The van der Waals surface area contributed by atoms with Gasteiger partial charge < -0.3 is 10.2 Å². The number of carbonyl (C=O) groups is 1. The summed E-state index contributed by atoms with van der Waals surface area (Å²) in [5.74, 6) is 0.0401. The molecule has 1 aliphatic rings. The third-order valence-electron chi connectivity index (χ3n) is 3.49. The van der Waals surface area contributed by atoms with Gasteiger partial charge in [-0.1, -0.05) is 6.07 Å². The molecule has 1 aliphatic heterocycles. The number of amides is 1. The normalized spacial score (nSPS) is 13.1. The molecule has 0 bridgehead atoms. The van der Waals surface area contributed by atoms with Crippen LogP contribution in [0.15, 0.2) is 18.2 Å². The van der Waals surface area contributed by atoms with Gasteiger partial charge in [-0.15, -0.1) is 0 Å². The van der Waals surface area contributed by atoms with E-state index < -0.39 is 0 Å². The van der Waals surface area contributed by atoms with Gasteiger partial charge in [0.25, 0.3) is 5.91 Å². The Morgan fingerprint density at radius 2 is 2.37 bits per heavy atom. The van der Waals surface area contributed by atoms with E-state index in [-0.39, 0.29) is 5.91 Å². The summed E-state index contributed by atoms with van der Waals surface area (Å²) in [7, 11) is 0. The van der Waals surface area contributed by atoms with Crippen molar-refractivity contribution in [2.75, 3.05) is 25.0 Å². The van der Waals surface area contributed by atoms with Crippen LogP contribution in [0, 0.1) is 11.3 Å². The van der Waals surface area contributed by atoms with Gasteiger partial charge in [0.1, 0.15) is 0 Å². The standard InChI is InChI=1S/C15H19N3O/c1-2-18(11-5-9-16)15(19)13-6-3-8-14-12(13)7-4-10-17-14/h3,6,8,17H,2,4-5,7,10-11H2,1H3. The summed E-state index contributed by atoms with van der Waals surface area (Å²) in [6, 6.07) is 7.93. The van der Waals surface area contributed by atoms with Crippen molar-refractivity contribution in [2.45, 2.75) is 26.2 Å². The number of rotatable bonds is 4.